The van der Waals surface area contributed by atoms with Crippen molar-refractivity contribution in [3.63, 3.8) is 0 Å². The van der Waals surface area contributed by atoms with Crippen LogP contribution in [0.4, 0.5) is 26.3 Å². The van der Waals surface area contributed by atoms with Crippen LogP contribution in [0.15, 0.2) is 0 Å². The Morgan fingerprint density at radius 1 is 1.00 bits per heavy atom. The molecule has 0 fully saturated rings. The fraction of sp³-hybridized carbons (Fsp3) is 0.800. The van der Waals surface area contributed by atoms with Gasteiger partial charge in [0, 0.05) is 0 Å². The molecule has 0 aliphatic rings. The molecule has 0 radical (unpaired) electrons. The van der Waals surface area contributed by atoms with E-state index in [4.69, 9.17) is 0 Å². The zero-order valence-corrected chi connectivity index (χ0v) is 8.66. The molecule has 0 rings (SSSR count). The Kier molecular flexibility index (Phi) is 4.21. The van der Waals surface area contributed by atoms with Gasteiger partial charge in [-0.05, 0) is 11.6 Å². The monoisotopic (exact) mass is 296 g/mol. The van der Waals surface area contributed by atoms with Gasteiger partial charge in [0.2, 0.25) is 10.5 Å². The lowest BCUT2D eigenvalue weighted by Crippen LogP contribution is -2.50. The average Bonchev–Trinajstić information content (AvgIpc) is 1.98. The van der Waals surface area contributed by atoms with Crippen molar-refractivity contribution in [3.8, 4) is 0 Å². The molecule has 10 heteroatoms. The molecule has 0 aromatic heterocycles. The maximum atomic E-state index is 12.5. The molecule has 0 saturated heterocycles. The van der Waals surface area contributed by atoms with E-state index >= 15 is 0 Å². The van der Waals surface area contributed by atoms with Crippen molar-refractivity contribution >= 4 is 40.6 Å². The zero-order chi connectivity index (χ0) is 12.7. The highest BCUT2D eigenvalue weighted by atomic mass is 35.5. The van der Waals surface area contributed by atoms with E-state index in [1.165, 1.54) is 0 Å². The molecule has 0 N–H and O–H groups in total. The molecule has 1 unspecified atom stereocenters. The second-order valence-electron chi connectivity index (χ2n) is 2.35. The lowest BCUT2D eigenvalue weighted by molar-refractivity contribution is -0.188. The van der Waals surface area contributed by atoms with E-state index in [0.717, 1.165) is 0 Å². The summed E-state index contributed by atoms with van der Waals surface area (Å²) in [7, 11) is 0. The molecule has 0 heterocycles. The van der Waals surface area contributed by atoms with Gasteiger partial charge in [0.15, 0.2) is 0 Å². The third-order valence-corrected chi connectivity index (χ3v) is 2.06. The summed E-state index contributed by atoms with van der Waals surface area (Å²) >= 11 is 13.2. The first-order valence-electron chi connectivity index (χ1n) is 3.01. The first-order chi connectivity index (χ1) is 6.31. The summed E-state index contributed by atoms with van der Waals surface area (Å²) in [4.78, 5) is 10.5. The van der Waals surface area contributed by atoms with Crippen molar-refractivity contribution < 1.29 is 31.1 Å². The minimum Gasteiger partial charge on any atom is -0.288 e. The molecule has 15 heavy (non-hydrogen) atoms. The van der Waals surface area contributed by atoms with Crippen LogP contribution in [-0.4, -0.2) is 27.8 Å². The number of Topliss-reactive ketones (excluding diaryl/α,β-unsaturated/α-hetero) is 1. The Balaban J connectivity index is 5.08. The van der Waals surface area contributed by atoms with Crippen molar-refractivity contribution in [2.24, 2.45) is 0 Å². The Hall–Kier alpha value is 0.120. The number of carbonyl (C=O) groups excluding carboxylic acids is 1. The van der Waals surface area contributed by atoms with Crippen molar-refractivity contribution in [1.29, 1.82) is 0 Å². The lowest BCUT2D eigenvalue weighted by Gasteiger charge is -2.25. The van der Waals surface area contributed by atoms with Gasteiger partial charge in [-0.2, -0.15) is 22.0 Å². The lowest BCUT2D eigenvalue weighted by atomic mass is 10.1. The van der Waals surface area contributed by atoms with Gasteiger partial charge in [-0.25, -0.2) is 4.39 Å². The number of alkyl halides is 9. The Labute approximate surface area is 94.3 Å². The van der Waals surface area contributed by atoms with Crippen LogP contribution in [0.5, 0.6) is 0 Å². The summed E-state index contributed by atoms with van der Waals surface area (Å²) in [5, 5.41) is -4.78. The fourth-order valence-electron chi connectivity index (χ4n) is 0.510. The van der Waals surface area contributed by atoms with E-state index in [2.05, 4.69) is 34.8 Å². The predicted molar refractivity (Wildman–Crippen MR) is 41.2 cm³/mol. The molecule has 1 nitrogen and oxygen atoms in total. The van der Waals surface area contributed by atoms with Crippen LogP contribution in [-0.2, 0) is 4.79 Å². The van der Waals surface area contributed by atoms with Crippen LogP contribution in [0.2, 0.25) is 0 Å². The maximum Gasteiger partial charge on any atom is 0.423 e. The predicted octanol–water partition coefficient (Wildman–Crippen LogP) is 3.46. The van der Waals surface area contributed by atoms with Crippen LogP contribution in [0, 0.1) is 0 Å². The SMILES string of the molecule is O=C(C(F)(F)Cl)C(Cl)(Cl)C(F)C(F)(F)F. The summed E-state index contributed by atoms with van der Waals surface area (Å²) in [5.74, 6) is -2.77. The zero-order valence-electron chi connectivity index (χ0n) is 6.39. The summed E-state index contributed by atoms with van der Waals surface area (Å²) < 4.78 is 67.8. The van der Waals surface area contributed by atoms with Crippen LogP contribution < -0.4 is 0 Å². The molecule has 0 bridgehead atoms. The third kappa shape index (κ3) is 3.57. The summed E-state index contributed by atoms with van der Waals surface area (Å²) in [6, 6.07) is 0. The first-order valence-corrected chi connectivity index (χ1v) is 4.15. The van der Waals surface area contributed by atoms with Crippen molar-refractivity contribution in [1.82, 2.24) is 0 Å². The molecule has 0 saturated carbocycles. The van der Waals surface area contributed by atoms with E-state index in [9.17, 15) is 31.1 Å². The van der Waals surface area contributed by atoms with E-state index in [1.54, 1.807) is 0 Å². The molecule has 0 aromatic rings. The summed E-state index contributed by atoms with van der Waals surface area (Å²) in [5.41, 5.74) is 0. The third-order valence-electron chi connectivity index (χ3n) is 1.17. The fourth-order valence-corrected chi connectivity index (χ4v) is 1.24. The van der Waals surface area contributed by atoms with Gasteiger partial charge in [0.05, 0.1) is 0 Å². The average molecular weight is 297 g/mol. The molecule has 0 amide bonds. The summed E-state index contributed by atoms with van der Waals surface area (Å²) in [6.07, 6.45) is -9.81. The normalized spacial score (nSPS) is 16.3. The Morgan fingerprint density at radius 2 is 1.33 bits per heavy atom. The minimum absolute atomic E-state index is 2.77. The van der Waals surface area contributed by atoms with Gasteiger partial charge in [-0.1, -0.05) is 23.2 Å². The first kappa shape index (κ1) is 15.1. The van der Waals surface area contributed by atoms with Crippen LogP contribution in [0.1, 0.15) is 0 Å². The van der Waals surface area contributed by atoms with Crippen LogP contribution >= 0.6 is 34.8 Å². The topological polar surface area (TPSA) is 17.1 Å². The number of hydrogen-bond acceptors (Lipinski definition) is 1. The summed E-state index contributed by atoms with van der Waals surface area (Å²) in [6.45, 7) is 0. The van der Waals surface area contributed by atoms with E-state index in [-0.39, 0.29) is 0 Å². The van der Waals surface area contributed by atoms with Gasteiger partial charge >= 0.3 is 11.6 Å². The highest BCUT2D eigenvalue weighted by Crippen LogP contribution is 2.43. The molecular formula is C5HCl3F6O. The van der Waals surface area contributed by atoms with Crippen molar-refractivity contribution in [2.75, 3.05) is 0 Å². The van der Waals surface area contributed by atoms with Gasteiger partial charge in [-0.3, -0.25) is 4.79 Å². The number of hydrogen-bond donors (Lipinski definition) is 0. The van der Waals surface area contributed by atoms with E-state index < -0.39 is 27.8 Å². The van der Waals surface area contributed by atoms with Gasteiger partial charge in [0.1, 0.15) is 0 Å². The van der Waals surface area contributed by atoms with Crippen molar-refractivity contribution in [2.45, 2.75) is 22.1 Å². The standard InChI is InChI=1S/C5HCl3F6O/c6-3(7,1(9)5(12,13)14)2(15)4(8,10)11/h1H. The molecule has 0 spiro atoms. The Morgan fingerprint density at radius 3 is 1.53 bits per heavy atom. The quantitative estimate of drug-likeness (QED) is 0.576. The smallest absolute Gasteiger partial charge is 0.288 e. The van der Waals surface area contributed by atoms with Gasteiger partial charge < -0.3 is 0 Å². The second kappa shape index (κ2) is 4.18. The second-order valence-corrected chi connectivity index (χ2v) is 4.21. The number of halogens is 9. The molecule has 0 aliphatic heterocycles. The highest BCUT2D eigenvalue weighted by Gasteiger charge is 2.62. The minimum atomic E-state index is -5.65. The van der Waals surface area contributed by atoms with Gasteiger partial charge in [-0.15, -0.1) is 0 Å². The molecule has 1 atom stereocenters. The van der Waals surface area contributed by atoms with E-state index in [1.807, 2.05) is 0 Å². The molecule has 90 valence electrons. The van der Waals surface area contributed by atoms with E-state index in [0.29, 0.717) is 0 Å². The number of ketones is 1. The van der Waals surface area contributed by atoms with Crippen LogP contribution in [0.3, 0.4) is 0 Å². The highest BCUT2D eigenvalue weighted by molar-refractivity contribution is 6.61. The van der Waals surface area contributed by atoms with Crippen LogP contribution in [0.25, 0.3) is 0 Å². The van der Waals surface area contributed by atoms with Crippen molar-refractivity contribution in [3.05, 3.63) is 0 Å². The molecule has 0 aliphatic carbocycles. The maximum absolute atomic E-state index is 12.5. The largest absolute Gasteiger partial charge is 0.423 e. The molecule has 0 aromatic carbocycles. The number of carbonyl (C=O) groups is 1. The van der Waals surface area contributed by atoms with Gasteiger partial charge in [0.25, 0.3) is 5.78 Å². The number of rotatable bonds is 3. The molecular weight excluding hydrogens is 296 g/mol. The Bertz CT molecular complexity index is 256.